The standard InChI is InChI=1S/C14H22N2O2/c1-17-14(18-2)7-13(8-15)16-9-11-5-3-4-6-12(11)10-16/h3-6,13-14H,7-10,15H2,1-2H3. The summed E-state index contributed by atoms with van der Waals surface area (Å²) in [6.07, 6.45) is 0.625. The second-order valence-corrected chi connectivity index (χ2v) is 4.70. The maximum Gasteiger partial charge on any atom is 0.158 e. The van der Waals surface area contributed by atoms with Gasteiger partial charge in [-0.05, 0) is 11.1 Å². The first-order valence-corrected chi connectivity index (χ1v) is 6.35. The number of ether oxygens (including phenoxy) is 2. The van der Waals surface area contributed by atoms with Crippen molar-refractivity contribution >= 4 is 0 Å². The smallest absolute Gasteiger partial charge is 0.158 e. The molecule has 1 atom stereocenters. The largest absolute Gasteiger partial charge is 0.356 e. The van der Waals surface area contributed by atoms with Gasteiger partial charge in [0, 0.05) is 46.3 Å². The zero-order chi connectivity index (χ0) is 13.0. The third-order valence-corrected chi connectivity index (χ3v) is 3.64. The zero-order valence-corrected chi connectivity index (χ0v) is 11.1. The molecule has 1 aromatic rings. The topological polar surface area (TPSA) is 47.7 Å². The molecule has 2 N–H and O–H groups in total. The van der Waals surface area contributed by atoms with E-state index >= 15 is 0 Å². The molecule has 18 heavy (non-hydrogen) atoms. The predicted octanol–water partition coefficient (Wildman–Crippen LogP) is 1.34. The number of nitrogens with two attached hydrogens (primary N) is 1. The van der Waals surface area contributed by atoms with Gasteiger partial charge in [-0.25, -0.2) is 0 Å². The van der Waals surface area contributed by atoms with E-state index in [9.17, 15) is 0 Å². The van der Waals surface area contributed by atoms with Crippen LogP contribution in [0.5, 0.6) is 0 Å². The molecule has 1 unspecified atom stereocenters. The average molecular weight is 250 g/mol. The molecule has 0 amide bonds. The number of fused-ring (bicyclic) bond motifs is 1. The molecule has 100 valence electrons. The van der Waals surface area contributed by atoms with Crippen molar-refractivity contribution in [3.63, 3.8) is 0 Å². The first-order chi connectivity index (χ1) is 8.78. The molecule has 1 heterocycles. The van der Waals surface area contributed by atoms with Crippen LogP contribution in [0.1, 0.15) is 17.5 Å². The van der Waals surface area contributed by atoms with Gasteiger partial charge in [-0.2, -0.15) is 0 Å². The van der Waals surface area contributed by atoms with Gasteiger partial charge < -0.3 is 15.2 Å². The van der Waals surface area contributed by atoms with Gasteiger partial charge in [0.25, 0.3) is 0 Å². The van der Waals surface area contributed by atoms with Crippen molar-refractivity contribution in [2.75, 3.05) is 20.8 Å². The minimum absolute atomic E-state index is 0.178. The van der Waals surface area contributed by atoms with Crippen molar-refractivity contribution in [2.45, 2.75) is 31.8 Å². The summed E-state index contributed by atoms with van der Waals surface area (Å²) in [4.78, 5) is 2.40. The number of hydrogen-bond acceptors (Lipinski definition) is 4. The minimum Gasteiger partial charge on any atom is -0.356 e. The van der Waals surface area contributed by atoms with Crippen LogP contribution in [0.15, 0.2) is 24.3 Å². The van der Waals surface area contributed by atoms with Gasteiger partial charge in [0.15, 0.2) is 6.29 Å². The zero-order valence-electron chi connectivity index (χ0n) is 11.1. The van der Waals surface area contributed by atoms with Crippen molar-refractivity contribution in [1.82, 2.24) is 4.90 Å². The van der Waals surface area contributed by atoms with Crippen LogP contribution in [0.3, 0.4) is 0 Å². The van der Waals surface area contributed by atoms with Crippen molar-refractivity contribution in [2.24, 2.45) is 5.73 Å². The highest BCUT2D eigenvalue weighted by atomic mass is 16.7. The van der Waals surface area contributed by atoms with E-state index in [2.05, 4.69) is 29.2 Å². The monoisotopic (exact) mass is 250 g/mol. The molecule has 0 radical (unpaired) electrons. The highest BCUT2D eigenvalue weighted by molar-refractivity contribution is 5.30. The molecular formula is C14H22N2O2. The molecular weight excluding hydrogens is 228 g/mol. The lowest BCUT2D eigenvalue weighted by atomic mass is 10.1. The molecule has 4 nitrogen and oxygen atoms in total. The molecule has 2 rings (SSSR count). The fourth-order valence-corrected chi connectivity index (χ4v) is 2.52. The molecule has 0 fully saturated rings. The Bertz CT molecular complexity index is 355. The van der Waals surface area contributed by atoms with E-state index in [1.165, 1.54) is 11.1 Å². The van der Waals surface area contributed by atoms with E-state index in [1.54, 1.807) is 14.2 Å². The summed E-state index contributed by atoms with van der Waals surface area (Å²) in [6, 6.07) is 8.85. The fraction of sp³-hybridized carbons (Fsp3) is 0.571. The summed E-state index contributed by atoms with van der Waals surface area (Å²) in [7, 11) is 3.33. The molecule has 1 aromatic carbocycles. The molecule has 0 spiro atoms. The van der Waals surface area contributed by atoms with Crippen LogP contribution in [0.2, 0.25) is 0 Å². The molecule has 0 saturated carbocycles. The van der Waals surface area contributed by atoms with Crippen molar-refractivity contribution in [3.05, 3.63) is 35.4 Å². The molecule has 4 heteroatoms. The Morgan fingerprint density at radius 1 is 1.17 bits per heavy atom. The van der Waals surface area contributed by atoms with Gasteiger partial charge in [-0.3, -0.25) is 4.90 Å². The summed E-state index contributed by atoms with van der Waals surface area (Å²) < 4.78 is 10.5. The maximum atomic E-state index is 5.89. The molecule has 1 aliphatic heterocycles. The first kappa shape index (κ1) is 13.5. The average Bonchev–Trinajstić information content (AvgIpc) is 2.84. The number of methoxy groups -OCH3 is 2. The van der Waals surface area contributed by atoms with E-state index in [4.69, 9.17) is 15.2 Å². The maximum absolute atomic E-state index is 5.89. The Morgan fingerprint density at radius 3 is 2.17 bits per heavy atom. The molecule has 0 saturated heterocycles. The quantitative estimate of drug-likeness (QED) is 0.774. The predicted molar refractivity (Wildman–Crippen MR) is 71.0 cm³/mol. The highest BCUT2D eigenvalue weighted by Gasteiger charge is 2.26. The van der Waals surface area contributed by atoms with Crippen LogP contribution in [-0.4, -0.2) is 38.0 Å². The van der Waals surface area contributed by atoms with E-state index in [1.807, 2.05) is 0 Å². The Kier molecular flexibility index (Phi) is 4.72. The van der Waals surface area contributed by atoms with Gasteiger partial charge >= 0.3 is 0 Å². The number of rotatable bonds is 6. The lowest BCUT2D eigenvalue weighted by molar-refractivity contribution is -0.117. The normalized spacial score (nSPS) is 17.1. The Balaban J connectivity index is 1.99. The van der Waals surface area contributed by atoms with Crippen LogP contribution < -0.4 is 5.73 Å². The molecule has 1 aliphatic rings. The van der Waals surface area contributed by atoms with Gasteiger partial charge in [0.1, 0.15) is 0 Å². The Hall–Kier alpha value is -0.940. The van der Waals surface area contributed by atoms with Crippen molar-refractivity contribution < 1.29 is 9.47 Å². The highest BCUT2D eigenvalue weighted by Crippen LogP contribution is 2.25. The SMILES string of the molecule is COC(CC(CN)N1Cc2ccccc2C1)OC. The lowest BCUT2D eigenvalue weighted by Crippen LogP contribution is -2.40. The lowest BCUT2D eigenvalue weighted by Gasteiger charge is -2.28. The fourth-order valence-electron chi connectivity index (χ4n) is 2.52. The first-order valence-electron chi connectivity index (χ1n) is 6.35. The van der Waals surface area contributed by atoms with E-state index in [-0.39, 0.29) is 6.29 Å². The van der Waals surface area contributed by atoms with Crippen LogP contribution in [-0.2, 0) is 22.6 Å². The van der Waals surface area contributed by atoms with Crippen molar-refractivity contribution in [1.29, 1.82) is 0 Å². The number of nitrogens with zero attached hydrogens (tertiary/aromatic N) is 1. The van der Waals surface area contributed by atoms with E-state index in [0.29, 0.717) is 12.6 Å². The number of benzene rings is 1. The third kappa shape index (κ3) is 2.90. The van der Waals surface area contributed by atoms with E-state index < -0.39 is 0 Å². The molecule has 0 aromatic heterocycles. The second-order valence-electron chi connectivity index (χ2n) is 4.70. The summed E-state index contributed by atoms with van der Waals surface area (Å²) >= 11 is 0. The van der Waals surface area contributed by atoms with Crippen LogP contribution in [0.25, 0.3) is 0 Å². The van der Waals surface area contributed by atoms with Gasteiger partial charge in [0.2, 0.25) is 0 Å². The Labute approximate surface area is 109 Å². The van der Waals surface area contributed by atoms with Crippen LogP contribution in [0, 0.1) is 0 Å². The number of hydrogen-bond donors (Lipinski definition) is 1. The summed E-state index contributed by atoms with van der Waals surface area (Å²) in [5.74, 6) is 0. The van der Waals surface area contributed by atoms with Gasteiger partial charge in [-0.1, -0.05) is 24.3 Å². The summed E-state index contributed by atoms with van der Waals surface area (Å²) in [5.41, 5.74) is 8.70. The Morgan fingerprint density at radius 2 is 1.72 bits per heavy atom. The second kappa shape index (κ2) is 6.29. The summed E-state index contributed by atoms with van der Waals surface area (Å²) in [5, 5.41) is 0. The molecule has 0 aliphatic carbocycles. The van der Waals surface area contributed by atoms with Gasteiger partial charge in [-0.15, -0.1) is 0 Å². The molecule has 0 bridgehead atoms. The van der Waals surface area contributed by atoms with Gasteiger partial charge in [0.05, 0.1) is 0 Å². The minimum atomic E-state index is -0.178. The van der Waals surface area contributed by atoms with Crippen LogP contribution in [0.4, 0.5) is 0 Å². The summed E-state index contributed by atoms with van der Waals surface area (Å²) in [6.45, 7) is 2.56. The van der Waals surface area contributed by atoms with Crippen LogP contribution >= 0.6 is 0 Å². The van der Waals surface area contributed by atoms with E-state index in [0.717, 1.165) is 19.5 Å². The third-order valence-electron chi connectivity index (χ3n) is 3.64. The van der Waals surface area contributed by atoms with Crippen molar-refractivity contribution in [3.8, 4) is 0 Å².